The number of halogens is 3. The van der Waals surface area contributed by atoms with Crippen molar-refractivity contribution in [2.24, 2.45) is 11.8 Å². The average molecular weight is 502 g/mol. The number of amides is 1. The monoisotopic (exact) mass is 501 g/mol. The van der Waals surface area contributed by atoms with E-state index in [0.717, 1.165) is 24.3 Å². The van der Waals surface area contributed by atoms with Crippen LogP contribution in [0.3, 0.4) is 0 Å². The molecule has 2 aromatic rings. The molecule has 2 fully saturated rings. The van der Waals surface area contributed by atoms with Gasteiger partial charge in [0.15, 0.2) is 21.5 Å². The zero-order chi connectivity index (χ0) is 24.1. The molecule has 0 heterocycles. The van der Waals surface area contributed by atoms with E-state index in [4.69, 9.17) is 11.6 Å². The lowest BCUT2D eigenvalue weighted by molar-refractivity contribution is -0.106. The number of anilines is 1. The van der Waals surface area contributed by atoms with Gasteiger partial charge in [-0.05, 0) is 55.5 Å². The van der Waals surface area contributed by atoms with Gasteiger partial charge in [0, 0.05) is 23.2 Å². The summed E-state index contributed by atoms with van der Waals surface area (Å²) in [5, 5.41) is 31.9. The Kier molecular flexibility index (Phi) is 6.25. The fourth-order valence-electron chi connectivity index (χ4n) is 4.97. The molecule has 5 atom stereocenters. The first-order valence-electron chi connectivity index (χ1n) is 10.3. The minimum Gasteiger partial charge on any atom is -0.393 e. The molecule has 0 aromatic heterocycles. The van der Waals surface area contributed by atoms with Gasteiger partial charge in [-0.1, -0.05) is 11.6 Å². The number of benzene rings is 2. The molecule has 0 aliphatic heterocycles. The van der Waals surface area contributed by atoms with Crippen molar-refractivity contribution in [2.75, 3.05) is 11.9 Å². The summed E-state index contributed by atoms with van der Waals surface area (Å²) in [5.74, 6) is -4.38. The summed E-state index contributed by atoms with van der Waals surface area (Å²) >= 11 is 6.16. The van der Waals surface area contributed by atoms with Crippen molar-refractivity contribution in [3.8, 4) is 0 Å². The fourth-order valence-corrected chi connectivity index (χ4v) is 7.35. The van der Waals surface area contributed by atoms with Crippen LogP contribution < -0.4 is 5.32 Å². The van der Waals surface area contributed by atoms with Gasteiger partial charge >= 0.3 is 0 Å². The summed E-state index contributed by atoms with van der Waals surface area (Å²) in [6.45, 7) is -0.577. The van der Waals surface area contributed by atoms with Crippen molar-refractivity contribution in [3.05, 3.63) is 58.6 Å². The second-order valence-electron chi connectivity index (χ2n) is 8.62. The number of hydrogen-bond acceptors (Lipinski definition) is 6. The molecule has 4 N–H and O–H groups in total. The molecule has 11 heteroatoms. The molecular weight excluding hydrogens is 480 g/mol. The summed E-state index contributed by atoms with van der Waals surface area (Å²) in [6, 6.07) is 6.47. The van der Waals surface area contributed by atoms with Gasteiger partial charge in [0.25, 0.3) is 5.91 Å². The molecule has 2 aromatic carbocycles. The maximum Gasteiger partial charge on any atom is 0.255 e. The minimum atomic E-state index is -4.07. The Morgan fingerprint density at radius 3 is 2.48 bits per heavy atom. The maximum atomic E-state index is 13.4. The third-order valence-electron chi connectivity index (χ3n) is 6.77. The first-order chi connectivity index (χ1) is 15.5. The normalized spacial score (nSPS) is 29.2. The average Bonchev–Trinajstić information content (AvgIpc) is 2.89. The molecule has 1 amide bonds. The summed E-state index contributed by atoms with van der Waals surface area (Å²) in [5.41, 5.74) is -1.62. The molecular formula is C22H22ClF2NO6S. The van der Waals surface area contributed by atoms with Gasteiger partial charge in [0.1, 0.15) is 0 Å². The smallest absolute Gasteiger partial charge is 0.255 e. The largest absolute Gasteiger partial charge is 0.393 e. The van der Waals surface area contributed by atoms with Gasteiger partial charge in [0.2, 0.25) is 0 Å². The minimum absolute atomic E-state index is 0.0145. The lowest BCUT2D eigenvalue weighted by atomic mass is 9.74. The van der Waals surface area contributed by atoms with Crippen LogP contribution in [0.2, 0.25) is 5.02 Å². The Morgan fingerprint density at radius 1 is 1.12 bits per heavy atom. The van der Waals surface area contributed by atoms with Crippen molar-refractivity contribution in [2.45, 2.75) is 41.1 Å². The van der Waals surface area contributed by atoms with Crippen LogP contribution in [0.5, 0.6) is 0 Å². The number of rotatable bonds is 5. The molecule has 0 saturated heterocycles. The molecule has 2 aliphatic rings. The van der Waals surface area contributed by atoms with Gasteiger partial charge in [0.05, 0.1) is 33.5 Å². The molecule has 178 valence electrons. The standard InChI is InChI=1S/C22H22ClF2NO6S/c23-16-3-1-11(21(29)26-13-2-4-17(24)18(25)8-13)5-20(16)33(31,32)14-6-12-7-19(28)15(9-14)22(12,30)10-27/h1-5,8,12,14-15,19,27-28,30H,6-7,9-10H2,(H,26,29)/t12?,14-,15-,19?,22-/m1/s1. The number of carbonyl (C=O) groups is 1. The number of fused-ring (bicyclic) bond motifs is 2. The molecule has 33 heavy (non-hydrogen) atoms. The fraction of sp³-hybridized carbons (Fsp3) is 0.409. The molecule has 0 radical (unpaired) electrons. The molecule has 2 unspecified atom stereocenters. The van der Waals surface area contributed by atoms with E-state index >= 15 is 0 Å². The predicted octanol–water partition coefficient (Wildman–Crippen LogP) is 2.53. The quantitative estimate of drug-likeness (QED) is 0.499. The van der Waals surface area contributed by atoms with Crippen LogP contribution in [0.25, 0.3) is 0 Å². The highest BCUT2D eigenvalue weighted by Crippen LogP contribution is 2.52. The Balaban J connectivity index is 1.61. The highest BCUT2D eigenvalue weighted by Gasteiger charge is 2.59. The van der Waals surface area contributed by atoms with E-state index in [2.05, 4.69) is 5.32 Å². The maximum absolute atomic E-state index is 13.4. The van der Waals surface area contributed by atoms with Gasteiger partial charge in [-0.2, -0.15) is 0 Å². The van der Waals surface area contributed by atoms with E-state index in [1.165, 1.54) is 12.1 Å². The van der Waals surface area contributed by atoms with Crippen molar-refractivity contribution >= 4 is 33.0 Å². The third-order valence-corrected chi connectivity index (χ3v) is 9.43. The van der Waals surface area contributed by atoms with Crippen LogP contribution in [0.4, 0.5) is 14.5 Å². The van der Waals surface area contributed by atoms with E-state index in [-0.39, 0.29) is 40.4 Å². The van der Waals surface area contributed by atoms with Crippen molar-refractivity contribution in [1.82, 2.24) is 0 Å². The van der Waals surface area contributed by atoms with Crippen LogP contribution >= 0.6 is 11.6 Å². The molecule has 2 saturated carbocycles. The molecule has 4 rings (SSSR count). The van der Waals surface area contributed by atoms with Gasteiger partial charge in [-0.15, -0.1) is 0 Å². The van der Waals surface area contributed by atoms with Crippen LogP contribution in [0.15, 0.2) is 41.3 Å². The number of aliphatic hydroxyl groups excluding tert-OH is 2. The van der Waals surface area contributed by atoms with E-state index < -0.39 is 62.8 Å². The summed E-state index contributed by atoms with van der Waals surface area (Å²) in [7, 11) is -4.07. The lowest BCUT2D eigenvalue weighted by Crippen LogP contribution is -2.51. The van der Waals surface area contributed by atoms with Gasteiger partial charge in [-0.25, -0.2) is 17.2 Å². The Morgan fingerprint density at radius 2 is 1.85 bits per heavy atom. The zero-order valence-electron chi connectivity index (χ0n) is 17.2. The molecule has 0 spiro atoms. The van der Waals surface area contributed by atoms with Crippen LogP contribution in [-0.2, 0) is 9.84 Å². The van der Waals surface area contributed by atoms with Gasteiger partial charge in [-0.3, -0.25) is 4.79 Å². The third kappa shape index (κ3) is 4.15. The highest BCUT2D eigenvalue weighted by atomic mass is 35.5. The lowest BCUT2D eigenvalue weighted by Gasteiger charge is -2.41. The number of carbonyl (C=O) groups excluding carboxylic acids is 1. The summed E-state index contributed by atoms with van der Waals surface area (Å²) < 4.78 is 53.3. The zero-order valence-corrected chi connectivity index (χ0v) is 18.8. The molecule has 7 nitrogen and oxygen atoms in total. The van der Waals surface area contributed by atoms with E-state index in [1.807, 2.05) is 0 Å². The number of aliphatic hydroxyl groups is 3. The first kappa shape index (κ1) is 24.0. The molecule has 2 aliphatic carbocycles. The van der Waals surface area contributed by atoms with Crippen LogP contribution in [0, 0.1) is 23.5 Å². The van der Waals surface area contributed by atoms with Crippen LogP contribution in [-0.4, -0.2) is 53.2 Å². The first-order valence-corrected chi connectivity index (χ1v) is 12.2. The van der Waals surface area contributed by atoms with E-state index in [0.29, 0.717) is 0 Å². The van der Waals surface area contributed by atoms with E-state index in [1.54, 1.807) is 0 Å². The Labute approximate surface area is 193 Å². The van der Waals surface area contributed by atoms with Gasteiger partial charge < -0.3 is 20.6 Å². The highest BCUT2D eigenvalue weighted by molar-refractivity contribution is 7.92. The second-order valence-corrected chi connectivity index (χ2v) is 11.2. The number of sulfone groups is 1. The number of hydrogen-bond donors (Lipinski definition) is 4. The molecule has 2 bridgehead atoms. The van der Waals surface area contributed by atoms with Crippen molar-refractivity contribution in [3.63, 3.8) is 0 Å². The summed E-state index contributed by atoms with van der Waals surface area (Å²) in [6.07, 6.45) is -0.804. The number of nitrogens with one attached hydrogen (secondary N) is 1. The topological polar surface area (TPSA) is 124 Å². The van der Waals surface area contributed by atoms with Crippen LogP contribution in [0.1, 0.15) is 29.6 Å². The second kappa shape index (κ2) is 8.59. The van der Waals surface area contributed by atoms with Crippen molar-refractivity contribution < 1.29 is 37.3 Å². The van der Waals surface area contributed by atoms with Crippen molar-refractivity contribution in [1.29, 1.82) is 0 Å². The SMILES string of the molecule is O=C(Nc1ccc(F)c(F)c1)c1ccc(Cl)c(S(=O)(=O)[C@@H]2CC3CC(O)[C@@H](C2)[C@@]3(O)CO)c1. The Bertz CT molecular complexity index is 1210. The van der Waals surface area contributed by atoms with E-state index in [9.17, 15) is 37.3 Å². The Hall–Kier alpha value is -2.11. The summed E-state index contributed by atoms with van der Waals surface area (Å²) in [4.78, 5) is 12.3. The predicted molar refractivity (Wildman–Crippen MR) is 116 cm³/mol.